The van der Waals surface area contributed by atoms with Crippen LogP contribution in [0.1, 0.15) is 82.1 Å². The maximum Gasteiger partial charge on any atom is 0.431 e. The highest BCUT2D eigenvalue weighted by Gasteiger charge is 2.54. The lowest BCUT2D eigenvalue weighted by atomic mass is 9.91. The Morgan fingerprint density at radius 2 is 0.876 bits per heavy atom. The summed E-state index contributed by atoms with van der Waals surface area (Å²) in [4.78, 5) is 199. The highest BCUT2D eigenvalue weighted by molar-refractivity contribution is 5.84. The van der Waals surface area contributed by atoms with Crippen LogP contribution in [0.25, 0.3) is 0 Å². The van der Waals surface area contributed by atoms with Gasteiger partial charge in [0.25, 0.3) is 12.9 Å². The summed E-state index contributed by atoms with van der Waals surface area (Å²) in [5, 5.41) is 19.7. The molecular weight excluding hydrogens is 1200 g/mol. The second-order valence-corrected chi connectivity index (χ2v) is 20.3. The molecule has 0 aromatic heterocycles. The average Bonchev–Trinajstić information content (AvgIpc) is 1.21. The van der Waals surface area contributed by atoms with Crippen LogP contribution in [0, 0.1) is 10.8 Å². The fourth-order valence-electron chi connectivity index (χ4n) is 8.30. The van der Waals surface area contributed by atoms with Crippen molar-refractivity contribution in [3.8, 4) is 0 Å². The maximum atomic E-state index is 14.2. The molecule has 2 aliphatic rings. The van der Waals surface area contributed by atoms with Crippen LogP contribution in [0.5, 0.6) is 0 Å². The zero-order valence-electron chi connectivity index (χ0n) is 50.5. The molecule has 38 heteroatoms. The number of nitrogens with two attached hydrogens (primary N) is 1. The number of carbonyl (C=O) groups is 15. The van der Waals surface area contributed by atoms with Gasteiger partial charge in [0.2, 0.25) is 42.1 Å². The maximum absolute atomic E-state index is 14.2. The summed E-state index contributed by atoms with van der Waals surface area (Å²) in [6, 6.07) is -4.54. The Labute approximate surface area is 508 Å². The topological polar surface area (TPSA) is 507 Å². The Balaban J connectivity index is 2.47. The molecule has 2 fully saturated rings. The molecule has 7 amide bonds. The van der Waals surface area contributed by atoms with E-state index < -0.39 is 202 Å². The van der Waals surface area contributed by atoms with Gasteiger partial charge in [0, 0.05) is 81.6 Å². The molecule has 2 aliphatic heterocycles. The van der Waals surface area contributed by atoms with Crippen molar-refractivity contribution in [2.45, 2.75) is 149 Å². The Morgan fingerprint density at radius 1 is 0.528 bits per heavy atom. The van der Waals surface area contributed by atoms with Gasteiger partial charge in [-0.05, 0) is 26.7 Å². The molecule has 0 aromatic rings. The fraction of sp³-hybridized carbons (Fsp3) is 0.706. The number of amides is 7. The molecule has 2 saturated heterocycles. The van der Waals surface area contributed by atoms with E-state index >= 15 is 0 Å². The van der Waals surface area contributed by atoms with Crippen LogP contribution < -0.4 is 38.0 Å². The van der Waals surface area contributed by atoms with E-state index in [4.69, 9.17) is 72.3 Å². The molecule has 0 aliphatic carbocycles. The van der Waals surface area contributed by atoms with Crippen molar-refractivity contribution >= 4 is 90.5 Å². The van der Waals surface area contributed by atoms with E-state index in [1.165, 1.54) is 11.8 Å². The number of aliphatic hydroxyl groups excluding tert-OH is 1. The van der Waals surface area contributed by atoms with Crippen LogP contribution in [0.2, 0.25) is 0 Å². The lowest BCUT2D eigenvalue weighted by Crippen LogP contribution is -2.67. The molecule has 2 heterocycles. The Morgan fingerprint density at radius 3 is 1.19 bits per heavy atom. The molecular formula is C51H78N8O30. The summed E-state index contributed by atoms with van der Waals surface area (Å²) in [6.45, 7) is 5.37. The van der Waals surface area contributed by atoms with E-state index in [1.54, 1.807) is 0 Å². The predicted molar refractivity (Wildman–Crippen MR) is 286 cm³/mol. The van der Waals surface area contributed by atoms with Gasteiger partial charge in [-0.25, -0.2) is 19.3 Å². The standard InChI is InChI=1S/C51H78N8O30/c1-26(63)55-37-41(84-32(7)69)39(82-30(5)67)35(18-78-28(3)65)86-44(37)88-57-48(74)80-22-51(10,47(73)54-14-12-16-59(43(71)34(52)17-60)15-11-13-53-46(72)50(9,20-76-24-61)21-77-25-62)23-81-49(75)58-89-45-38(56-27(2)64)42(85-33(8)70)40(83-31(6)68)36(87-45)19-79-29(4)66/h24-25,34-42,44-45,60H,11-23,52H2,1-10H3,(H,53,72)(H,54,73)(H,55,63)(H,56,64)(H,57,74)(H,58,75)/t34-,35?,36?,37?,38?,39+,40+,41?,42?,44?,45?,51?/m1/s1. The van der Waals surface area contributed by atoms with Gasteiger partial charge in [-0.1, -0.05) is 0 Å². The first kappa shape index (κ1) is 76.5. The Hall–Kier alpha value is -8.59. The quantitative estimate of drug-likeness (QED) is 0.00959. The molecule has 0 bridgehead atoms. The van der Waals surface area contributed by atoms with E-state index in [2.05, 4.69) is 21.3 Å². The molecule has 38 nitrogen and oxygen atoms in total. The van der Waals surface area contributed by atoms with Crippen molar-refractivity contribution in [1.82, 2.24) is 37.1 Å². The number of esters is 6. The van der Waals surface area contributed by atoms with Crippen LogP contribution in [-0.4, -0.2) is 240 Å². The molecule has 502 valence electrons. The van der Waals surface area contributed by atoms with Gasteiger partial charge in [0.15, 0.2) is 24.4 Å². The minimum atomic E-state index is -2.12. The zero-order valence-corrected chi connectivity index (χ0v) is 50.5. The van der Waals surface area contributed by atoms with Crippen molar-refractivity contribution in [2.75, 3.05) is 72.4 Å². The number of nitrogens with one attached hydrogen (secondary N) is 6. The van der Waals surface area contributed by atoms with Crippen LogP contribution in [0.4, 0.5) is 9.59 Å². The van der Waals surface area contributed by atoms with E-state index in [0.717, 1.165) is 62.3 Å². The number of rotatable bonds is 36. The van der Waals surface area contributed by atoms with Crippen LogP contribution in [0.3, 0.4) is 0 Å². The number of hydrogen-bond donors (Lipinski definition) is 8. The monoisotopic (exact) mass is 1280 g/mol. The van der Waals surface area contributed by atoms with Crippen LogP contribution >= 0.6 is 0 Å². The Kier molecular flexibility index (Phi) is 32.6. The van der Waals surface area contributed by atoms with Crippen LogP contribution in [0.15, 0.2) is 0 Å². The smallest absolute Gasteiger partial charge is 0.431 e. The fourth-order valence-corrected chi connectivity index (χ4v) is 8.30. The number of nitrogens with zero attached hydrogens (tertiary/aromatic N) is 1. The second kappa shape index (κ2) is 38.0. The molecule has 9 N–H and O–H groups in total. The minimum Gasteiger partial charge on any atom is -0.467 e. The van der Waals surface area contributed by atoms with Gasteiger partial charge in [-0.3, -0.25) is 62.3 Å². The molecule has 0 spiro atoms. The van der Waals surface area contributed by atoms with Crippen molar-refractivity contribution in [3.63, 3.8) is 0 Å². The van der Waals surface area contributed by atoms with Crippen molar-refractivity contribution in [3.05, 3.63) is 0 Å². The van der Waals surface area contributed by atoms with Gasteiger partial charge in [0.1, 0.15) is 80.8 Å². The van der Waals surface area contributed by atoms with E-state index in [9.17, 15) is 77.0 Å². The molecule has 11 atom stereocenters. The third-order valence-electron chi connectivity index (χ3n) is 12.3. The first-order valence-electron chi connectivity index (χ1n) is 27.1. The third kappa shape index (κ3) is 26.7. The summed E-state index contributed by atoms with van der Waals surface area (Å²) in [6.07, 6.45) is -16.0. The van der Waals surface area contributed by atoms with Crippen molar-refractivity contribution in [2.24, 2.45) is 16.6 Å². The van der Waals surface area contributed by atoms with E-state index in [0.29, 0.717) is 0 Å². The van der Waals surface area contributed by atoms with Gasteiger partial charge in [-0.2, -0.15) is 11.0 Å². The summed E-state index contributed by atoms with van der Waals surface area (Å²) in [7, 11) is 0. The Bertz CT molecular complexity index is 2360. The number of hydrogen-bond acceptors (Lipinski definition) is 31. The van der Waals surface area contributed by atoms with E-state index in [1.807, 2.05) is 11.0 Å². The van der Waals surface area contributed by atoms with Gasteiger partial charge in [0.05, 0.1) is 6.61 Å². The second-order valence-electron chi connectivity index (χ2n) is 20.3. The average molecular weight is 1280 g/mol. The molecule has 0 radical (unpaired) electrons. The third-order valence-corrected chi connectivity index (χ3v) is 12.3. The van der Waals surface area contributed by atoms with Crippen molar-refractivity contribution in [1.29, 1.82) is 0 Å². The summed E-state index contributed by atoms with van der Waals surface area (Å²) in [5.41, 5.74) is 6.01. The predicted octanol–water partition coefficient (Wildman–Crippen LogP) is -4.87. The number of aliphatic hydroxyl groups is 1. The highest BCUT2D eigenvalue weighted by Crippen LogP contribution is 2.30. The summed E-state index contributed by atoms with van der Waals surface area (Å²) < 4.78 is 63.4. The number of ether oxygens (including phenoxy) is 12. The number of hydroxylamine groups is 2. The van der Waals surface area contributed by atoms with Crippen molar-refractivity contribution < 1.29 is 144 Å². The van der Waals surface area contributed by atoms with E-state index in [-0.39, 0.29) is 52.0 Å². The molecule has 0 aromatic carbocycles. The van der Waals surface area contributed by atoms with Gasteiger partial charge < -0.3 is 93.8 Å². The molecule has 2 rings (SSSR count). The first-order chi connectivity index (χ1) is 41.8. The number of carbonyl (C=O) groups excluding carboxylic acids is 15. The molecule has 8 unspecified atom stereocenters. The molecule has 89 heavy (non-hydrogen) atoms. The van der Waals surface area contributed by atoms with Gasteiger partial charge >= 0.3 is 48.0 Å². The highest BCUT2D eigenvalue weighted by atomic mass is 16.8. The largest absolute Gasteiger partial charge is 0.467 e. The summed E-state index contributed by atoms with van der Waals surface area (Å²) in [5.74, 6) is -9.32. The van der Waals surface area contributed by atoms with Gasteiger partial charge in [-0.15, -0.1) is 0 Å². The first-order valence-corrected chi connectivity index (χ1v) is 27.1. The lowest BCUT2D eigenvalue weighted by Gasteiger charge is -2.44. The normalized spacial score (nSPS) is 22.1. The SMILES string of the molecule is CC(=O)NC1C(ONC(=O)OCC(C)(COC(=O)NOC2OC(COC(C)=O)[C@H](OC(C)=O)C(OC(C)=O)C2NC(C)=O)C(=O)NCCCN(CCCNC(=O)C(C)(COC=O)COC=O)C(=O)[C@H](N)CO)OC(COC(C)=O)[C@H](OC(C)=O)C1OC(C)=O. The minimum absolute atomic E-state index is 0.0452. The van der Waals surface area contributed by atoms with Crippen LogP contribution in [-0.2, 0) is 129 Å². The molecule has 0 saturated carbocycles. The zero-order chi connectivity index (χ0) is 67.2. The lowest BCUT2D eigenvalue weighted by molar-refractivity contribution is -0.289. The summed E-state index contributed by atoms with van der Waals surface area (Å²) >= 11 is 0.